The highest BCUT2D eigenvalue weighted by atomic mass is 19.2. The molecule has 0 heterocycles. The SMILES string of the molecule is NC(CO)c1cc(F)c(F)c(F)c1O. The zero-order chi connectivity index (χ0) is 10.9. The van der Waals surface area contributed by atoms with Crippen LogP contribution in [-0.4, -0.2) is 16.8 Å². The van der Waals surface area contributed by atoms with Crippen LogP contribution in [0, 0.1) is 17.5 Å². The Morgan fingerprint density at radius 3 is 2.36 bits per heavy atom. The lowest BCUT2D eigenvalue weighted by Gasteiger charge is -2.11. The maximum Gasteiger partial charge on any atom is 0.203 e. The van der Waals surface area contributed by atoms with Crippen LogP contribution in [0.5, 0.6) is 5.75 Å². The quantitative estimate of drug-likeness (QED) is 0.628. The van der Waals surface area contributed by atoms with Crippen LogP contribution < -0.4 is 5.73 Å². The number of aliphatic hydroxyl groups excluding tert-OH is 1. The summed E-state index contributed by atoms with van der Waals surface area (Å²) in [5.74, 6) is -6.01. The van der Waals surface area contributed by atoms with Crippen molar-refractivity contribution in [1.29, 1.82) is 0 Å². The highest BCUT2D eigenvalue weighted by Crippen LogP contribution is 2.29. The van der Waals surface area contributed by atoms with Gasteiger partial charge >= 0.3 is 0 Å². The molecule has 0 amide bonds. The molecule has 4 N–H and O–H groups in total. The smallest absolute Gasteiger partial charge is 0.203 e. The molecule has 0 aromatic heterocycles. The van der Waals surface area contributed by atoms with Crippen LogP contribution in [0.1, 0.15) is 11.6 Å². The zero-order valence-electron chi connectivity index (χ0n) is 6.97. The number of hydrogen-bond donors (Lipinski definition) is 3. The largest absolute Gasteiger partial charge is 0.505 e. The predicted molar refractivity (Wildman–Crippen MR) is 42.0 cm³/mol. The van der Waals surface area contributed by atoms with Gasteiger partial charge in [-0.15, -0.1) is 0 Å². The summed E-state index contributed by atoms with van der Waals surface area (Å²) in [6, 6.07) is -0.603. The number of halogens is 3. The van der Waals surface area contributed by atoms with Crippen LogP contribution in [0.4, 0.5) is 13.2 Å². The summed E-state index contributed by atoms with van der Waals surface area (Å²) in [5, 5.41) is 17.6. The lowest BCUT2D eigenvalue weighted by atomic mass is 10.1. The Kier molecular flexibility index (Phi) is 2.97. The van der Waals surface area contributed by atoms with E-state index in [9.17, 15) is 13.2 Å². The molecule has 0 bridgehead atoms. The van der Waals surface area contributed by atoms with Crippen molar-refractivity contribution in [2.45, 2.75) is 6.04 Å². The van der Waals surface area contributed by atoms with Gasteiger partial charge in [-0.3, -0.25) is 0 Å². The lowest BCUT2D eigenvalue weighted by Crippen LogP contribution is -2.16. The molecule has 14 heavy (non-hydrogen) atoms. The first kappa shape index (κ1) is 10.8. The van der Waals surface area contributed by atoms with Crippen molar-refractivity contribution in [3.8, 4) is 5.75 Å². The van der Waals surface area contributed by atoms with Gasteiger partial charge < -0.3 is 15.9 Å². The molecule has 6 heteroatoms. The van der Waals surface area contributed by atoms with E-state index in [-0.39, 0.29) is 5.56 Å². The summed E-state index contributed by atoms with van der Waals surface area (Å²) in [4.78, 5) is 0. The average Bonchev–Trinajstić information content (AvgIpc) is 2.19. The Morgan fingerprint density at radius 2 is 1.86 bits per heavy atom. The van der Waals surface area contributed by atoms with Crippen LogP contribution in [0.15, 0.2) is 6.07 Å². The van der Waals surface area contributed by atoms with E-state index in [2.05, 4.69) is 0 Å². The molecule has 1 unspecified atom stereocenters. The minimum Gasteiger partial charge on any atom is -0.505 e. The van der Waals surface area contributed by atoms with Crippen LogP contribution in [0.25, 0.3) is 0 Å². The number of aliphatic hydroxyl groups is 1. The van der Waals surface area contributed by atoms with Crippen molar-refractivity contribution in [2.75, 3.05) is 6.61 Å². The third kappa shape index (κ3) is 1.66. The van der Waals surface area contributed by atoms with Crippen LogP contribution in [0.3, 0.4) is 0 Å². The first-order valence-corrected chi connectivity index (χ1v) is 3.71. The summed E-state index contributed by atoms with van der Waals surface area (Å²) in [6.07, 6.45) is 0. The van der Waals surface area contributed by atoms with Gasteiger partial charge in [0.1, 0.15) is 0 Å². The highest BCUT2D eigenvalue weighted by molar-refractivity contribution is 5.37. The van der Waals surface area contributed by atoms with E-state index in [4.69, 9.17) is 15.9 Å². The normalized spacial score (nSPS) is 12.9. The van der Waals surface area contributed by atoms with E-state index < -0.39 is 35.8 Å². The number of nitrogens with two attached hydrogens (primary N) is 1. The van der Waals surface area contributed by atoms with Gasteiger partial charge in [-0.05, 0) is 6.07 Å². The van der Waals surface area contributed by atoms with Crippen molar-refractivity contribution < 1.29 is 23.4 Å². The molecular weight excluding hydrogens is 199 g/mol. The molecule has 1 aromatic carbocycles. The van der Waals surface area contributed by atoms with Crippen LogP contribution in [-0.2, 0) is 0 Å². The molecular formula is C8H8F3NO2. The van der Waals surface area contributed by atoms with Gasteiger partial charge in [-0.2, -0.15) is 4.39 Å². The molecule has 1 aromatic rings. The van der Waals surface area contributed by atoms with Crippen molar-refractivity contribution in [1.82, 2.24) is 0 Å². The minimum absolute atomic E-state index is 0.371. The third-order valence-electron chi connectivity index (χ3n) is 1.76. The summed E-state index contributed by atoms with van der Waals surface area (Å²) in [7, 11) is 0. The monoisotopic (exact) mass is 207 g/mol. The van der Waals surface area contributed by atoms with Gasteiger partial charge in [0, 0.05) is 5.56 Å². The number of benzene rings is 1. The van der Waals surface area contributed by atoms with Crippen LogP contribution >= 0.6 is 0 Å². The Morgan fingerprint density at radius 1 is 1.29 bits per heavy atom. The fraction of sp³-hybridized carbons (Fsp3) is 0.250. The van der Waals surface area contributed by atoms with E-state index in [1.165, 1.54) is 0 Å². The van der Waals surface area contributed by atoms with Gasteiger partial charge in [0.2, 0.25) is 5.82 Å². The topological polar surface area (TPSA) is 66.5 Å². The predicted octanol–water partition coefficient (Wildman–Crippen LogP) is 0.802. The number of aromatic hydroxyl groups is 1. The maximum atomic E-state index is 12.7. The molecule has 1 atom stereocenters. The summed E-state index contributed by atoms with van der Waals surface area (Å²) in [6.45, 7) is -0.613. The van der Waals surface area contributed by atoms with Crippen molar-refractivity contribution in [3.63, 3.8) is 0 Å². The van der Waals surface area contributed by atoms with Crippen LogP contribution in [0.2, 0.25) is 0 Å². The summed E-state index contributed by atoms with van der Waals surface area (Å²) >= 11 is 0. The Bertz CT molecular complexity index is 357. The molecule has 0 radical (unpaired) electrons. The van der Waals surface area contributed by atoms with Crippen molar-refractivity contribution in [3.05, 3.63) is 29.1 Å². The highest BCUT2D eigenvalue weighted by Gasteiger charge is 2.21. The van der Waals surface area contributed by atoms with Gasteiger partial charge in [0.25, 0.3) is 0 Å². The second-order valence-electron chi connectivity index (χ2n) is 2.71. The molecule has 0 aliphatic carbocycles. The van der Waals surface area contributed by atoms with E-state index >= 15 is 0 Å². The second kappa shape index (κ2) is 3.85. The van der Waals surface area contributed by atoms with E-state index in [1.807, 2.05) is 0 Å². The second-order valence-corrected chi connectivity index (χ2v) is 2.71. The van der Waals surface area contributed by atoms with E-state index in [0.29, 0.717) is 6.07 Å². The molecule has 1 rings (SSSR count). The molecule has 0 aliphatic rings. The number of phenolic OH excluding ortho intramolecular Hbond substituents is 1. The fourth-order valence-corrected chi connectivity index (χ4v) is 0.985. The molecule has 0 spiro atoms. The number of phenols is 1. The maximum absolute atomic E-state index is 12.7. The molecule has 0 aliphatic heterocycles. The first-order chi connectivity index (χ1) is 6.49. The van der Waals surface area contributed by atoms with Crippen molar-refractivity contribution >= 4 is 0 Å². The van der Waals surface area contributed by atoms with Crippen molar-refractivity contribution in [2.24, 2.45) is 5.73 Å². The minimum atomic E-state index is -1.77. The van der Waals surface area contributed by atoms with Gasteiger partial charge in [-0.25, -0.2) is 8.78 Å². The molecule has 0 saturated carbocycles. The molecule has 3 nitrogen and oxygen atoms in total. The van der Waals surface area contributed by atoms with E-state index in [1.54, 1.807) is 0 Å². The molecule has 78 valence electrons. The molecule has 0 saturated heterocycles. The number of rotatable bonds is 2. The standard InChI is InChI=1S/C8H8F3NO2/c9-4-1-3(5(12)2-13)8(14)7(11)6(4)10/h1,5,13-14H,2,12H2. The Labute approximate surface area is 77.6 Å². The lowest BCUT2D eigenvalue weighted by molar-refractivity contribution is 0.263. The number of hydrogen-bond acceptors (Lipinski definition) is 3. The zero-order valence-corrected chi connectivity index (χ0v) is 6.97. The summed E-state index contributed by atoms with van der Waals surface area (Å²) in [5.41, 5.74) is 4.85. The first-order valence-electron chi connectivity index (χ1n) is 3.71. The van der Waals surface area contributed by atoms with Gasteiger partial charge in [0.05, 0.1) is 12.6 Å². The molecule has 0 fully saturated rings. The fourth-order valence-electron chi connectivity index (χ4n) is 0.985. The summed E-state index contributed by atoms with van der Waals surface area (Å²) < 4.78 is 37.9. The van der Waals surface area contributed by atoms with Gasteiger partial charge in [-0.1, -0.05) is 0 Å². The van der Waals surface area contributed by atoms with E-state index in [0.717, 1.165) is 0 Å². The average molecular weight is 207 g/mol. The van der Waals surface area contributed by atoms with Gasteiger partial charge in [0.15, 0.2) is 17.4 Å². The Hall–Kier alpha value is -1.27. The Balaban J connectivity index is 3.33. The third-order valence-corrected chi connectivity index (χ3v) is 1.76.